The van der Waals surface area contributed by atoms with Crippen LogP contribution in [0.15, 0.2) is 4.99 Å². The van der Waals surface area contributed by atoms with Gasteiger partial charge in [-0.15, -0.1) is 24.0 Å². The van der Waals surface area contributed by atoms with Gasteiger partial charge in [-0.3, -0.25) is 4.99 Å². The Labute approximate surface area is 156 Å². The first-order valence-corrected chi connectivity index (χ1v) is 8.32. The number of carbonyl (C=O) groups excluding carboxylic acids is 1. The van der Waals surface area contributed by atoms with E-state index >= 15 is 0 Å². The molecule has 0 aromatic carbocycles. The van der Waals surface area contributed by atoms with E-state index in [-0.39, 0.29) is 36.1 Å². The number of likely N-dealkylation sites (tertiary alicyclic amines) is 1. The summed E-state index contributed by atoms with van der Waals surface area (Å²) in [6, 6.07) is 0.122. The van der Waals surface area contributed by atoms with Crippen LogP contribution >= 0.6 is 24.0 Å². The molecule has 2 fully saturated rings. The number of alkyl carbamates (subject to hydrolysis) is 1. The third-order valence-corrected chi connectivity index (χ3v) is 3.95. The van der Waals surface area contributed by atoms with Crippen LogP contribution < -0.4 is 10.6 Å². The van der Waals surface area contributed by atoms with E-state index in [1.54, 1.807) is 0 Å². The summed E-state index contributed by atoms with van der Waals surface area (Å²) >= 11 is 0. The fourth-order valence-electron chi connectivity index (χ4n) is 2.67. The van der Waals surface area contributed by atoms with Crippen LogP contribution in [0.1, 0.15) is 46.5 Å². The van der Waals surface area contributed by atoms with E-state index in [9.17, 15) is 4.79 Å². The zero-order chi connectivity index (χ0) is 16.2. The highest BCUT2D eigenvalue weighted by atomic mass is 127. The average Bonchev–Trinajstić information content (AvgIpc) is 3.12. The first kappa shape index (κ1) is 20.3. The summed E-state index contributed by atoms with van der Waals surface area (Å²) < 4.78 is 5.31. The molecule has 1 saturated heterocycles. The number of ether oxygens (including phenoxy) is 1. The molecule has 1 unspecified atom stereocenters. The second kappa shape index (κ2) is 8.94. The number of hydrogen-bond acceptors (Lipinski definition) is 3. The lowest BCUT2D eigenvalue weighted by molar-refractivity contribution is 0.0507. The third-order valence-electron chi connectivity index (χ3n) is 3.95. The monoisotopic (exact) mass is 438 g/mol. The van der Waals surface area contributed by atoms with Crippen LogP contribution in [0.25, 0.3) is 0 Å². The summed E-state index contributed by atoms with van der Waals surface area (Å²) in [6.45, 7) is 8.29. The molecule has 1 aliphatic heterocycles. The van der Waals surface area contributed by atoms with Crippen molar-refractivity contribution < 1.29 is 9.53 Å². The minimum atomic E-state index is -0.456. The van der Waals surface area contributed by atoms with Gasteiger partial charge >= 0.3 is 6.09 Å². The Bertz CT molecular complexity index is 419. The van der Waals surface area contributed by atoms with Crippen LogP contribution in [-0.2, 0) is 4.74 Å². The van der Waals surface area contributed by atoms with E-state index in [2.05, 4.69) is 20.5 Å². The Balaban J connectivity index is 0.00000264. The topological polar surface area (TPSA) is 66.0 Å². The van der Waals surface area contributed by atoms with Gasteiger partial charge in [0, 0.05) is 26.7 Å². The SMILES string of the molecule is CN=C(NCCC1CC1)N1CCC(NC(=O)OC(C)(C)C)C1.I. The molecule has 134 valence electrons. The number of guanidine groups is 1. The van der Waals surface area contributed by atoms with E-state index in [0.29, 0.717) is 0 Å². The van der Waals surface area contributed by atoms with Gasteiger partial charge in [0.25, 0.3) is 0 Å². The van der Waals surface area contributed by atoms with Crippen molar-refractivity contribution in [1.29, 1.82) is 0 Å². The normalized spacial score (nSPS) is 21.7. The fourth-order valence-corrected chi connectivity index (χ4v) is 2.67. The Morgan fingerprint density at radius 2 is 2.00 bits per heavy atom. The number of nitrogens with one attached hydrogen (secondary N) is 2. The maximum Gasteiger partial charge on any atom is 0.407 e. The number of hydrogen-bond donors (Lipinski definition) is 2. The van der Waals surface area contributed by atoms with Crippen molar-refractivity contribution in [1.82, 2.24) is 15.5 Å². The molecule has 2 aliphatic rings. The third kappa shape index (κ3) is 7.58. The second-order valence-corrected chi connectivity index (χ2v) is 7.28. The number of aliphatic imine (C=N–C) groups is 1. The Morgan fingerprint density at radius 3 is 2.57 bits per heavy atom. The molecule has 1 aliphatic carbocycles. The number of rotatable bonds is 4. The number of halogens is 1. The first-order valence-electron chi connectivity index (χ1n) is 8.32. The van der Waals surface area contributed by atoms with Gasteiger partial charge in [0.1, 0.15) is 5.60 Å². The summed E-state index contributed by atoms with van der Waals surface area (Å²) in [5.74, 6) is 1.86. The highest BCUT2D eigenvalue weighted by Gasteiger charge is 2.28. The summed E-state index contributed by atoms with van der Waals surface area (Å²) in [6.07, 6.45) is 4.57. The molecular weight excluding hydrogens is 407 g/mol. The lowest BCUT2D eigenvalue weighted by atomic mass is 10.2. The van der Waals surface area contributed by atoms with Gasteiger partial charge in [0.15, 0.2) is 5.96 Å². The molecule has 2 rings (SSSR count). The van der Waals surface area contributed by atoms with Gasteiger partial charge in [0.05, 0.1) is 6.04 Å². The number of nitrogens with zero attached hydrogens (tertiary/aromatic N) is 2. The molecule has 23 heavy (non-hydrogen) atoms. The average molecular weight is 438 g/mol. The molecule has 6 nitrogen and oxygen atoms in total. The largest absolute Gasteiger partial charge is 0.444 e. The molecule has 1 heterocycles. The van der Waals surface area contributed by atoms with Crippen LogP contribution in [0.4, 0.5) is 4.79 Å². The molecule has 0 aromatic rings. The van der Waals surface area contributed by atoms with Crippen molar-refractivity contribution >= 4 is 36.0 Å². The Kier molecular flexibility index (Phi) is 7.89. The molecule has 0 bridgehead atoms. The van der Waals surface area contributed by atoms with Gasteiger partial charge in [0.2, 0.25) is 0 Å². The van der Waals surface area contributed by atoms with E-state index < -0.39 is 5.60 Å². The van der Waals surface area contributed by atoms with Crippen molar-refractivity contribution in [2.24, 2.45) is 10.9 Å². The Hall–Kier alpha value is -0.730. The zero-order valence-electron chi connectivity index (χ0n) is 14.7. The molecular formula is C16H31IN4O2. The standard InChI is InChI=1S/C16H30N4O2.HI/c1-16(2,3)22-15(21)19-13-8-10-20(11-13)14(17-4)18-9-7-12-5-6-12;/h12-13H,5-11H2,1-4H3,(H,17,18)(H,19,21);1H. The molecule has 2 N–H and O–H groups in total. The molecule has 7 heteroatoms. The highest BCUT2D eigenvalue weighted by molar-refractivity contribution is 14.0. The van der Waals surface area contributed by atoms with Gasteiger partial charge in [-0.05, 0) is 39.5 Å². The maximum atomic E-state index is 11.8. The van der Waals surface area contributed by atoms with Crippen LogP contribution in [0, 0.1) is 5.92 Å². The first-order chi connectivity index (χ1) is 10.4. The van der Waals surface area contributed by atoms with Gasteiger partial charge < -0.3 is 20.3 Å². The maximum absolute atomic E-state index is 11.8. The molecule has 0 spiro atoms. The minimum Gasteiger partial charge on any atom is -0.444 e. The van der Waals surface area contributed by atoms with Gasteiger partial charge in [-0.25, -0.2) is 4.79 Å². The quantitative estimate of drug-likeness (QED) is 0.403. The van der Waals surface area contributed by atoms with Crippen LogP contribution in [0.3, 0.4) is 0 Å². The van der Waals surface area contributed by atoms with Gasteiger partial charge in [-0.1, -0.05) is 12.8 Å². The summed E-state index contributed by atoms with van der Waals surface area (Å²) in [4.78, 5) is 18.4. The lowest BCUT2D eigenvalue weighted by Gasteiger charge is -2.23. The number of amides is 1. The number of carbonyl (C=O) groups is 1. The fraction of sp³-hybridized carbons (Fsp3) is 0.875. The molecule has 1 saturated carbocycles. The lowest BCUT2D eigenvalue weighted by Crippen LogP contribution is -2.44. The minimum absolute atomic E-state index is 0. The van der Waals surface area contributed by atoms with E-state index in [0.717, 1.165) is 37.9 Å². The smallest absolute Gasteiger partial charge is 0.407 e. The van der Waals surface area contributed by atoms with Crippen LogP contribution in [-0.4, -0.2) is 55.3 Å². The van der Waals surface area contributed by atoms with Gasteiger partial charge in [-0.2, -0.15) is 0 Å². The van der Waals surface area contributed by atoms with Crippen molar-refractivity contribution in [3.63, 3.8) is 0 Å². The highest BCUT2D eigenvalue weighted by Crippen LogP contribution is 2.31. The molecule has 0 aromatic heterocycles. The van der Waals surface area contributed by atoms with Crippen molar-refractivity contribution in [3.8, 4) is 0 Å². The predicted molar refractivity (Wildman–Crippen MR) is 103 cm³/mol. The molecule has 1 amide bonds. The second-order valence-electron chi connectivity index (χ2n) is 7.28. The van der Waals surface area contributed by atoms with Crippen molar-refractivity contribution in [2.45, 2.75) is 58.1 Å². The van der Waals surface area contributed by atoms with E-state index in [1.165, 1.54) is 19.3 Å². The van der Waals surface area contributed by atoms with Crippen molar-refractivity contribution in [2.75, 3.05) is 26.7 Å². The summed E-state index contributed by atoms with van der Waals surface area (Å²) in [5.41, 5.74) is -0.456. The molecule has 0 radical (unpaired) electrons. The summed E-state index contributed by atoms with van der Waals surface area (Å²) in [7, 11) is 1.81. The summed E-state index contributed by atoms with van der Waals surface area (Å²) in [5, 5.41) is 6.37. The van der Waals surface area contributed by atoms with Crippen molar-refractivity contribution in [3.05, 3.63) is 0 Å². The molecule has 1 atom stereocenters. The van der Waals surface area contributed by atoms with E-state index in [4.69, 9.17) is 4.74 Å². The Morgan fingerprint density at radius 1 is 1.30 bits per heavy atom. The van der Waals surface area contributed by atoms with Crippen LogP contribution in [0.5, 0.6) is 0 Å². The zero-order valence-corrected chi connectivity index (χ0v) is 17.1. The van der Waals surface area contributed by atoms with Crippen LogP contribution in [0.2, 0.25) is 0 Å². The van der Waals surface area contributed by atoms with E-state index in [1.807, 2.05) is 27.8 Å². The predicted octanol–water partition coefficient (Wildman–Crippen LogP) is 2.58.